The second kappa shape index (κ2) is 4.54. The summed E-state index contributed by atoms with van der Waals surface area (Å²) in [5.41, 5.74) is 2.39. The van der Waals surface area contributed by atoms with E-state index in [2.05, 4.69) is 31.7 Å². The first-order valence-corrected chi connectivity index (χ1v) is 10.7. The Kier molecular flexibility index (Phi) is 2.84. The van der Waals surface area contributed by atoms with Gasteiger partial charge in [0.1, 0.15) is 0 Å². The van der Waals surface area contributed by atoms with Crippen molar-refractivity contribution in [1.82, 2.24) is 4.90 Å². The first-order valence-electron chi connectivity index (χ1n) is 10.7. The van der Waals surface area contributed by atoms with E-state index in [1.54, 1.807) is 0 Å². The first kappa shape index (κ1) is 15.7. The summed E-state index contributed by atoms with van der Waals surface area (Å²) in [7, 11) is 0. The van der Waals surface area contributed by atoms with E-state index in [4.69, 9.17) is 4.74 Å². The minimum atomic E-state index is -0.541. The van der Waals surface area contributed by atoms with Gasteiger partial charge in [0.2, 0.25) is 0 Å². The molecule has 6 aliphatic rings. The zero-order valence-electron chi connectivity index (χ0n) is 16.0. The lowest BCUT2D eigenvalue weighted by molar-refractivity contribution is -0.186. The van der Waals surface area contributed by atoms with Crippen molar-refractivity contribution in [1.29, 1.82) is 0 Å². The molecule has 3 heteroatoms. The summed E-state index contributed by atoms with van der Waals surface area (Å²) in [6, 6.07) is 0.702. The maximum atomic E-state index is 11.2. The lowest BCUT2D eigenvalue weighted by atomic mass is 9.45. The third-order valence-electron chi connectivity index (χ3n) is 9.99. The molecule has 2 aliphatic heterocycles. The molecule has 138 valence electrons. The van der Waals surface area contributed by atoms with Crippen LogP contribution in [0.4, 0.5) is 0 Å². The fraction of sp³-hybridized carbons (Fsp3) is 0.909. The van der Waals surface area contributed by atoms with Crippen LogP contribution in [-0.2, 0) is 4.74 Å². The van der Waals surface area contributed by atoms with Crippen LogP contribution >= 0.6 is 0 Å². The van der Waals surface area contributed by atoms with Gasteiger partial charge < -0.3 is 9.84 Å². The van der Waals surface area contributed by atoms with Gasteiger partial charge in [-0.15, -0.1) is 0 Å². The van der Waals surface area contributed by atoms with E-state index in [0.29, 0.717) is 22.8 Å². The van der Waals surface area contributed by atoms with Gasteiger partial charge in [-0.3, -0.25) is 4.90 Å². The fourth-order valence-corrected chi connectivity index (χ4v) is 9.76. The summed E-state index contributed by atoms with van der Waals surface area (Å²) < 4.78 is 6.34. The van der Waals surface area contributed by atoms with Gasteiger partial charge in [0.15, 0.2) is 6.29 Å². The van der Waals surface area contributed by atoms with Crippen LogP contribution in [-0.4, -0.2) is 41.5 Å². The SMILES string of the molecule is CCN1C[C@]2(C)CCC[C@]34C1[C@H](C[C@H]23)[C@]12CCC=C(C)[C@H]1O[C@@H](O)[C@H]42. The van der Waals surface area contributed by atoms with Crippen molar-refractivity contribution in [3.8, 4) is 0 Å². The van der Waals surface area contributed by atoms with E-state index in [0.717, 1.165) is 11.8 Å². The van der Waals surface area contributed by atoms with E-state index in [9.17, 15) is 5.11 Å². The summed E-state index contributed by atoms with van der Waals surface area (Å²) in [6.45, 7) is 9.63. The van der Waals surface area contributed by atoms with Crippen molar-refractivity contribution in [2.45, 2.75) is 77.7 Å². The van der Waals surface area contributed by atoms with Crippen LogP contribution in [0.2, 0.25) is 0 Å². The Bertz CT molecular complexity index is 660. The van der Waals surface area contributed by atoms with Crippen molar-refractivity contribution >= 4 is 0 Å². The van der Waals surface area contributed by atoms with Gasteiger partial charge in [-0.1, -0.05) is 26.3 Å². The molecule has 4 aliphatic carbocycles. The van der Waals surface area contributed by atoms with E-state index in [-0.39, 0.29) is 11.5 Å². The molecule has 6 rings (SSSR count). The third kappa shape index (κ3) is 1.44. The monoisotopic (exact) mass is 343 g/mol. The van der Waals surface area contributed by atoms with E-state index in [1.807, 2.05) is 0 Å². The van der Waals surface area contributed by atoms with Gasteiger partial charge in [-0.2, -0.15) is 0 Å². The lowest BCUT2D eigenvalue weighted by Crippen LogP contribution is -2.64. The second-order valence-corrected chi connectivity index (χ2v) is 10.5. The number of aliphatic hydroxyl groups excluding tert-OH is 1. The number of ether oxygens (including phenoxy) is 1. The summed E-state index contributed by atoms with van der Waals surface area (Å²) in [5, 5.41) is 11.2. The van der Waals surface area contributed by atoms with Crippen molar-refractivity contribution in [2.75, 3.05) is 13.1 Å². The van der Waals surface area contributed by atoms with Crippen LogP contribution in [0.15, 0.2) is 11.6 Å². The average molecular weight is 344 g/mol. The summed E-state index contributed by atoms with van der Waals surface area (Å²) >= 11 is 0. The predicted octanol–water partition coefficient (Wildman–Crippen LogP) is 3.58. The summed E-state index contributed by atoms with van der Waals surface area (Å²) in [5.74, 6) is 1.91. The number of rotatable bonds is 1. The molecule has 0 aromatic heterocycles. The van der Waals surface area contributed by atoms with Gasteiger partial charge in [0.05, 0.1) is 6.10 Å². The Morgan fingerprint density at radius 1 is 1.28 bits per heavy atom. The van der Waals surface area contributed by atoms with Crippen molar-refractivity contribution in [3.05, 3.63) is 11.6 Å². The maximum absolute atomic E-state index is 11.2. The van der Waals surface area contributed by atoms with Gasteiger partial charge in [0, 0.05) is 23.9 Å². The number of aliphatic hydroxyl groups is 1. The predicted molar refractivity (Wildman–Crippen MR) is 96.8 cm³/mol. The van der Waals surface area contributed by atoms with Crippen LogP contribution in [0.25, 0.3) is 0 Å². The van der Waals surface area contributed by atoms with Crippen molar-refractivity contribution in [3.63, 3.8) is 0 Å². The number of hydrogen-bond acceptors (Lipinski definition) is 3. The number of nitrogens with zero attached hydrogens (tertiary/aromatic N) is 1. The zero-order valence-corrected chi connectivity index (χ0v) is 16.0. The molecule has 2 saturated heterocycles. The van der Waals surface area contributed by atoms with Crippen LogP contribution in [0.3, 0.4) is 0 Å². The molecule has 2 heterocycles. The molecule has 1 unspecified atom stereocenters. The van der Waals surface area contributed by atoms with Gasteiger partial charge in [-0.05, 0) is 73.8 Å². The van der Waals surface area contributed by atoms with Crippen molar-refractivity contribution < 1.29 is 9.84 Å². The smallest absolute Gasteiger partial charge is 0.159 e. The van der Waals surface area contributed by atoms with E-state index >= 15 is 0 Å². The molecular weight excluding hydrogens is 310 g/mol. The molecule has 0 amide bonds. The molecule has 0 aromatic rings. The molecule has 1 N–H and O–H groups in total. The molecule has 0 radical (unpaired) electrons. The Labute approximate surface area is 151 Å². The molecule has 5 fully saturated rings. The highest BCUT2D eigenvalue weighted by Gasteiger charge is 2.84. The molecule has 0 aromatic carbocycles. The van der Waals surface area contributed by atoms with Gasteiger partial charge in [-0.25, -0.2) is 0 Å². The molecule has 9 atom stereocenters. The van der Waals surface area contributed by atoms with E-state index in [1.165, 1.54) is 57.2 Å². The zero-order chi connectivity index (χ0) is 17.2. The van der Waals surface area contributed by atoms with Gasteiger partial charge >= 0.3 is 0 Å². The minimum absolute atomic E-state index is 0.180. The normalized spacial score (nSPS) is 61.8. The summed E-state index contributed by atoms with van der Waals surface area (Å²) in [4.78, 5) is 2.85. The molecule has 3 nitrogen and oxygen atoms in total. The first-order chi connectivity index (χ1) is 12.0. The average Bonchev–Trinajstić information content (AvgIpc) is 3.11. The molecule has 2 spiro atoms. The largest absolute Gasteiger partial charge is 0.368 e. The van der Waals surface area contributed by atoms with Crippen LogP contribution in [0.1, 0.15) is 59.3 Å². The molecule has 5 bridgehead atoms. The molecule has 3 saturated carbocycles. The Hall–Kier alpha value is -0.380. The lowest BCUT2D eigenvalue weighted by Gasteiger charge is -2.62. The Balaban J connectivity index is 1.58. The Morgan fingerprint density at radius 3 is 2.92 bits per heavy atom. The number of piperidine rings is 1. The highest BCUT2D eigenvalue weighted by Crippen LogP contribution is 2.82. The molecule has 25 heavy (non-hydrogen) atoms. The third-order valence-corrected chi connectivity index (χ3v) is 9.99. The van der Waals surface area contributed by atoms with E-state index < -0.39 is 6.29 Å². The Morgan fingerprint density at radius 2 is 2.12 bits per heavy atom. The second-order valence-electron chi connectivity index (χ2n) is 10.5. The highest BCUT2D eigenvalue weighted by atomic mass is 16.6. The van der Waals surface area contributed by atoms with Crippen molar-refractivity contribution in [2.24, 2.45) is 34.0 Å². The molecular formula is C22H33NO2. The quantitative estimate of drug-likeness (QED) is 0.739. The number of allylic oxidation sites excluding steroid dienone is 1. The minimum Gasteiger partial charge on any atom is -0.368 e. The van der Waals surface area contributed by atoms with Crippen LogP contribution < -0.4 is 0 Å². The number of hydrogen-bond donors (Lipinski definition) is 1. The summed E-state index contributed by atoms with van der Waals surface area (Å²) in [6.07, 6.45) is 9.90. The van der Waals surface area contributed by atoms with Gasteiger partial charge in [0.25, 0.3) is 0 Å². The standard InChI is InChI=1S/C22H33NO2/c1-4-23-12-20(3)8-6-10-22-15(20)11-14(17(22)23)21-9-5-7-13(2)18(21)25-19(24)16(21)22/h7,14-19,24H,4-6,8-12H2,1-3H3/t14-,15+,16-,17?,18+,19+,20-,21-,22-/m0/s1. The van der Waals surface area contributed by atoms with Crippen LogP contribution in [0.5, 0.6) is 0 Å². The van der Waals surface area contributed by atoms with Crippen LogP contribution in [0, 0.1) is 34.0 Å². The maximum Gasteiger partial charge on any atom is 0.159 e. The number of likely N-dealkylation sites (tertiary alicyclic amines) is 1. The highest BCUT2D eigenvalue weighted by molar-refractivity contribution is 5.35. The fourth-order valence-electron chi connectivity index (χ4n) is 9.76. The topological polar surface area (TPSA) is 32.7 Å².